The molecule has 0 radical (unpaired) electrons. The minimum atomic E-state index is -2.96. The molecule has 1 atom stereocenters. The number of carbonyl (C=O) groups excluding carboxylic acids is 1. The third-order valence-corrected chi connectivity index (χ3v) is 6.41. The zero-order chi connectivity index (χ0) is 17.0. The molecule has 6 nitrogen and oxygen atoms in total. The van der Waals surface area contributed by atoms with Crippen LogP contribution in [-0.4, -0.2) is 51.5 Å². The molecule has 1 amide bonds. The number of nitrogens with zero attached hydrogens (tertiary/aromatic N) is 1. The highest BCUT2D eigenvalue weighted by Crippen LogP contribution is 2.21. The Balaban J connectivity index is 1.45. The predicted octanol–water partition coefficient (Wildman–Crippen LogP) is 1.39. The molecule has 0 bridgehead atoms. The van der Waals surface area contributed by atoms with E-state index in [0.29, 0.717) is 6.42 Å². The van der Waals surface area contributed by atoms with Crippen molar-refractivity contribution in [1.82, 2.24) is 5.32 Å². The molecule has 132 valence electrons. The van der Waals surface area contributed by atoms with E-state index in [9.17, 15) is 13.2 Å². The van der Waals surface area contributed by atoms with Crippen molar-refractivity contribution in [2.75, 3.05) is 41.4 Å². The fourth-order valence-corrected chi connectivity index (χ4v) is 4.99. The zero-order valence-electron chi connectivity index (χ0n) is 13.8. The zero-order valence-corrected chi connectivity index (χ0v) is 14.6. The minimum absolute atomic E-state index is 0.0588. The molecule has 2 N–H and O–H groups in total. The van der Waals surface area contributed by atoms with E-state index >= 15 is 0 Å². The van der Waals surface area contributed by atoms with E-state index in [1.165, 1.54) is 24.9 Å². The lowest BCUT2D eigenvalue weighted by atomic mass is 10.1. The Morgan fingerprint density at radius 1 is 1.12 bits per heavy atom. The first-order valence-electron chi connectivity index (χ1n) is 8.60. The maximum Gasteiger partial charge on any atom is 0.239 e. The van der Waals surface area contributed by atoms with Gasteiger partial charge in [-0.25, -0.2) is 8.42 Å². The Labute approximate surface area is 143 Å². The van der Waals surface area contributed by atoms with E-state index in [0.717, 1.165) is 18.8 Å². The molecule has 1 unspecified atom stereocenters. The summed E-state index contributed by atoms with van der Waals surface area (Å²) in [7, 11) is -2.96. The monoisotopic (exact) mass is 351 g/mol. The van der Waals surface area contributed by atoms with Crippen LogP contribution >= 0.6 is 0 Å². The number of piperidine rings is 1. The van der Waals surface area contributed by atoms with Crippen molar-refractivity contribution in [2.24, 2.45) is 0 Å². The molecule has 3 rings (SSSR count). The van der Waals surface area contributed by atoms with E-state index in [4.69, 9.17) is 0 Å². The Morgan fingerprint density at radius 2 is 1.83 bits per heavy atom. The third kappa shape index (κ3) is 4.63. The lowest BCUT2D eigenvalue weighted by Crippen LogP contribution is -2.39. The van der Waals surface area contributed by atoms with Gasteiger partial charge in [-0.05, 0) is 49.9 Å². The Hall–Kier alpha value is -1.76. The smallest absolute Gasteiger partial charge is 0.239 e. The van der Waals surface area contributed by atoms with Crippen LogP contribution in [0.3, 0.4) is 0 Å². The Bertz CT molecular complexity index is 667. The standard InChI is InChI=1S/C17H25N3O3S/c21-17(19-15-8-11-24(22,23)13-15)12-18-14-4-6-16(7-5-14)20-9-2-1-3-10-20/h4-7,15,18H,1-3,8-13H2,(H,19,21). The molecule has 7 heteroatoms. The van der Waals surface area contributed by atoms with Gasteiger partial charge < -0.3 is 15.5 Å². The number of nitrogens with one attached hydrogen (secondary N) is 2. The second-order valence-corrected chi connectivity index (χ2v) is 8.84. The molecule has 2 fully saturated rings. The van der Waals surface area contributed by atoms with Crippen molar-refractivity contribution in [3.63, 3.8) is 0 Å². The summed E-state index contributed by atoms with van der Waals surface area (Å²) >= 11 is 0. The van der Waals surface area contributed by atoms with E-state index < -0.39 is 9.84 Å². The van der Waals surface area contributed by atoms with Gasteiger partial charge in [-0.15, -0.1) is 0 Å². The van der Waals surface area contributed by atoms with Gasteiger partial charge in [-0.2, -0.15) is 0 Å². The fraction of sp³-hybridized carbons (Fsp3) is 0.588. The summed E-state index contributed by atoms with van der Waals surface area (Å²) in [5.41, 5.74) is 2.12. The first kappa shape index (κ1) is 17.1. The summed E-state index contributed by atoms with van der Waals surface area (Å²) in [6.07, 6.45) is 4.32. The molecule has 0 aromatic heterocycles. The Kier molecular flexibility index (Phi) is 5.28. The number of hydrogen-bond acceptors (Lipinski definition) is 5. The summed E-state index contributed by atoms with van der Waals surface area (Å²) in [5.74, 6) is 0.0595. The minimum Gasteiger partial charge on any atom is -0.376 e. The van der Waals surface area contributed by atoms with Gasteiger partial charge in [0.25, 0.3) is 0 Å². The summed E-state index contributed by atoms with van der Waals surface area (Å²) in [4.78, 5) is 14.3. The first-order chi connectivity index (χ1) is 11.5. The lowest BCUT2D eigenvalue weighted by molar-refractivity contribution is -0.119. The summed E-state index contributed by atoms with van der Waals surface area (Å²) in [5, 5.41) is 5.87. The van der Waals surface area contributed by atoms with Crippen molar-refractivity contribution in [3.8, 4) is 0 Å². The van der Waals surface area contributed by atoms with Gasteiger partial charge in [-0.1, -0.05) is 0 Å². The van der Waals surface area contributed by atoms with Crippen LogP contribution in [0.25, 0.3) is 0 Å². The van der Waals surface area contributed by atoms with Gasteiger partial charge in [0.05, 0.1) is 18.1 Å². The van der Waals surface area contributed by atoms with Crippen LogP contribution in [0.15, 0.2) is 24.3 Å². The molecule has 2 aliphatic rings. The number of amides is 1. The van der Waals surface area contributed by atoms with Gasteiger partial charge in [0.15, 0.2) is 9.84 Å². The van der Waals surface area contributed by atoms with E-state index in [2.05, 4.69) is 27.7 Å². The average molecular weight is 351 g/mol. The molecule has 2 heterocycles. The summed E-state index contributed by atoms with van der Waals surface area (Å²) < 4.78 is 22.8. The summed E-state index contributed by atoms with van der Waals surface area (Å²) in [6, 6.07) is 7.88. The van der Waals surface area contributed by atoms with Gasteiger partial charge in [0.2, 0.25) is 5.91 Å². The highest BCUT2D eigenvalue weighted by Gasteiger charge is 2.28. The van der Waals surface area contributed by atoms with E-state index in [1.54, 1.807) is 0 Å². The van der Waals surface area contributed by atoms with Crippen LogP contribution in [0.2, 0.25) is 0 Å². The SMILES string of the molecule is O=C(CNc1ccc(N2CCCCC2)cc1)NC1CCS(=O)(=O)C1. The normalized spacial score (nSPS) is 23.0. The number of sulfone groups is 1. The van der Waals surface area contributed by atoms with Crippen LogP contribution < -0.4 is 15.5 Å². The topological polar surface area (TPSA) is 78.5 Å². The van der Waals surface area contributed by atoms with Gasteiger partial charge in [0.1, 0.15) is 0 Å². The largest absolute Gasteiger partial charge is 0.376 e. The van der Waals surface area contributed by atoms with Crippen LogP contribution in [0.4, 0.5) is 11.4 Å². The molecule has 1 aromatic carbocycles. The second kappa shape index (κ2) is 7.42. The number of benzene rings is 1. The quantitative estimate of drug-likeness (QED) is 0.838. The van der Waals surface area contributed by atoms with Gasteiger partial charge in [0, 0.05) is 30.5 Å². The number of hydrogen-bond donors (Lipinski definition) is 2. The first-order valence-corrected chi connectivity index (χ1v) is 10.4. The Morgan fingerprint density at radius 3 is 2.46 bits per heavy atom. The maximum atomic E-state index is 11.9. The van der Waals surface area contributed by atoms with Crippen LogP contribution in [0.1, 0.15) is 25.7 Å². The molecule has 2 saturated heterocycles. The van der Waals surface area contributed by atoms with E-state index in [1.807, 2.05) is 12.1 Å². The molecule has 2 aliphatic heterocycles. The molecule has 0 saturated carbocycles. The van der Waals surface area contributed by atoms with Crippen LogP contribution in [-0.2, 0) is 14.6 Å². The number of rotatable bonds is 5. The van der Waals surface area contributed by atoms with Crippen molar-refractivity contribution in [1.29, 1.82) is 0 Å². The lowest BCUT2D eigenvalue weighted by Gasteiger charge is -2.28. The fourth-order valence-electron chi connectivity index (χ4n) is 3.31. The molecular weight excluding hydrogens is 326 g/mol. The highest BCUT2D eigenvalue weighted by atomic mass is 32.2. The van der Waals surface area contributed by atoms with E-state index in [-0.39, 0.29) is 30.0 Å². The van der Waals surface area contributed by atoms with Gasteiger partial charge >= 0.3 is 0 Å². The third-order valence-electron chi connectivity index (χ3n) is 4.64. The predicted molar refractivity (Wildman–Crippen MR) is 96.2 cm³/mol. The number of anilines is 2. The van der Waals surface area contributed by atoms with Crippen molar-refractivity contribution >= 4 is 27.1 Å². The number of carbonyl (C=O) groups is 1. The summed E-state index contributed by atoms with van der Waals surface area (Å²) in [6.45, 7) is 2.37. The molecule has 0 aliphatic carbocycles. The average Bonchev–Trinajstić information content (AvgIpc) is 2.93. The van der Waals surface area contributed by atoms with Crippen molar-refractivity contribution < 1.29 is 13.2 Å². The molecule has 24 heavy (non-hydrogen) atoms. The van der Waals surface area contributed by atoms with Gasteiger partial charge in [-0.3, -0.25) is 4.79 Å². The van der Waals surface area contributed by atoms with Crippen molar-refractivity contribution in [2.45, 2.75) is 31.7 Å². The van der Waals surface area contributed by atoms with Crippen LogP contribution in [0.5, 0.6) is 0 Å². The maximum absolute atomic E-state index is 11.9. The second-order valence-electron chi connectivity index (χ2n) is 6.62. The van der Waals surface area contributed by atoms with Crippen molar-refractivity contribution in [3.05, 3.63) is 24.3 Å². The highest BCUT2D eigenvalue weighted by molar-refractivity contribution is 7.91. The molecule has 0 spiro atoms. The van der Waals surface area contributed by atoms with Crippen LogP contribution in [0, 0.1) is 0 Å². The molecule has 1 aromatic rings. The molecular formula is C17H25N3O3S.